The molecule has 0 aliphatic carbocycles. The minimum atomic E-state index is 0.00389. The minimum Gasteiger partial charge on any atom is -0.376 e. The zero-order valence-electron chi connectivity index (χ0n) is 16.0. The van der Waals surface area contributed by atoms with Gasteiger partial charge in [-0.05, 0) is 50.9 Å². The number of hydrogen-bond donors (Lipinski definition) is 1. The number of ether oxygens (including phenoxy) is 1. The van der Waals surface area contributed by atoms with Crippen LogP contribution in [0, 0.1) is 0 Å². The molecule has 0 unspecified atom stereocenters. The van der Waals surface area contributed by atoms with Gasteiger partial charge in [-0.3, -0.25) is 14.3 Å². The van der Waals surface area contributed by atoms with Gasteiger partial charge in [0.05, 0.1) is 18.4 Å². The van der Waals surface area contributed by atoms with Crippen LogP contribution in [0.3, 0.4) is 0 Å². The van der Waals surface area contributed by atoms with Gasteiger partial charge >= 0.3 is 0 Å². The van der Waals surface area contributed by atoms with Gasteiger partial charge in [0.25, 0.3) is 0 Å². The number of carbonyl (C=O) groups excluding carboxylic acids is 1. The van der Waals surface area contributed by atoms with Crippen molar-refractivity contribution < 1.29 is 9.53 Å². The molecular weight excluding hydrogens is 374 g/mol. The topological polar surface area (TPSA) is 72.3 Å². The highest BCUT2D eigenvalue weighted by Crippen LogP contribution is 2.23. The Hall–Kier alpha value is -1.90. The van der Waals surface area contributed by atoms with Gasteiger partial charge in [0.2, 0.25) is 5.91 Å². The van der Waals surface area contributed by atoms with Crippen LogP contribution >= 0.6 is 11.8 Å². The molecule has 1 amide bonds. The minimum absolute atomic E-state index is 0.00389. The first-order chi connectivity index (χ1) is 13.8. The van der Waals surface area contributed by atoms with Crippen molar-refractivity contribution in [3.63, 3.8) is 0 Å². The van der Waals surface area contributed by atoms with E-state index >= 15 is 0 Å². The Morgan fingerprint density at radius 3 is 2.75 bits per heavy atom. The molecule has 28 heavy (non-hydrogen) atoms. The number of likely N-dealkylation sites (tertiary alicyclic amines) is 1. The number of carbonyl (C=O) groups is 1. The van der Waals surface area contributed by atoms with E-state index in [1.165, 1.54) is 24.6 Å². The van der Waals surface area contributed by atoms with E-state index in [1.54, 1.807) is 0 Å². The molecule has 1 N–H and O–H groups in total. The molecule has 150 valence electrons. The van der Waals surface area contributed by atoms with Crippen molar-refractivity contribution in [3.8, 4) is 5.69 Å². The van der Waals surface area contributed by atoms with Crippen molar-refractivity contribution in [3.05, 3.63) is 36.2 Å². The van der Waals surface area contributed by atoms with Gasteiger partial charge in [-0.2, -0.15) is 0 Å². The first-order valence-corrected chi connectivity index (χ1v) is 11.0. The molecule has 2 aliphatic rings. The maximum absolute atomic E-state index is 12.3. The van der Waals surface area contributed by atoms with Crippen LogP contribution in [0.15, 0.2) is 35.5 Å². The summed E-state index contributed by atoms with van der Waals surface area (Å²) in [7, 11) is 0. The molecule has 0 saturated carbocycles. The molecule has 1 aromatic heterocycles. The Morgan fingerprint density at radius 1 is 1.18 bits per heavy atom. The fraction of sp³-hybridized carbons (Fsp3) is 0.550. The molecule has 2 saturated heterocycles. The summed E-state index contributed by atoms with van der Waals surface area (Å²) in [5, 5.41) is 12.6. The van der Waals surface area contributed by atoms with Gasteiger partial charge in [-0.1, -0.05) is 30.0 Å². The van der Waals surface area contributed by atoms with E-state index in [2.05, 4.69) is 37.1 Å². The second kappa shape index (κ2) is 9.54. The van der Waals surface area contributed by atoms with Crippen molar-refractivity contribution in [1.82, 2.24) is 25.0 Å². The summed E-state index contributed by atoms with van der Waals surface area (Å²) >= 11 is 1.43. The van der Waals surface area contributed by atoms with Gasteiger partial charge < -0.3 is 10.1 Å². The number of para-hydroxylation sites is 1. The van der Waals surface area contributed by atoms with E-state index in [1.807, 2.05) is 18.2 Å². The average Bonchev–Trinajstić information content (AvgIpc) is 3.48. The Bertz CT molecular complexity index is 770. The summed E-state index contributed by atoms with van der Waals surface area (Å²) < 4.78 is 7.64. The van der Waals surface area contributed by atoms with Crippen LogP contribution in [0.25, 0.3) is 5.69 Å². The summed E-state index contributed by atoms with van der Waals surface area (Å²) in [4.78, 5) is 14.7. The van der Waals surface area contributed by atoms with Crippen LogP contribution in [-0.2, 0) is 16.1 Å². The van der Waals surface area contributed by atoms with Crippen LogP contribution in [0.4, 0.5) is 0 Å². The normalized spacial score (nSPS) is 19.9. The summed E-state index contributed by atoms with van der Waals surface area (Å²) in [6, 6.07) is 10.1. The SMILES string of the molecule is O=C(CSc1nnc(CN2CCCC2)n1-c1ccccc1)NC[C@@H]1CCCO1. The summed E-state index contributed by atoms with van der Waals surface area (Å²) in [5.74, 6) is 1.25. The fourth-order valence-electron chi connectivity index (χ4n) is 3.69. The zero-order valence-corrected chi connectivity index (χ0v) is 16.9. The molecule has 2 aromatic rings. The highest BCUT2D eigenvalue weighted by molar-refractivity contribution is 7.99. The maximum atomic E-state index is 12.3. The highest BCUT2D eigenvalue weighted by atomic mass is 32.2. The standard InChI is InChI=1S/C20H27N5O2S/c26-19(21-13-17-9-6-12-27-17)15-28-20-23-22-18(14-24-10-4-5-11-24)25(20)16-7-2-1-3-8-16/h1-3,7-8,17H,4-6,9-15H2,(H,21,26)/t17-/m0/s1. The number of rotatable bonds is 8. The molecule has 4 rings (SSSR count). The smallest absolute Gasteiger partial charge is 0.230 e. The van der Waals surface area contributed by atoms with Crippen LogP contribution in [-0.4, -0.2) is 63.7 Å². The van der Waals surface area contributed by atoms with E-state index in [9.17, 15) is 4.79 Å². The number of nitrogens with one attached hydrogen (secondary N) is 1. The third-order valence-electron chi connectivity index (χ3n) is 5.16. The van der Waals surface area contributed by atoms with Gasteiger partial charge in [0.1, 0.15) is 0 Å². The summed E-state index contributed by atoms with van der Waals surface area (Å²) in [6.45, 7) is 4.39. The number of nitrogens with zero attached hydrogens (tertiary/aromatic N) is 4. The first kappa shape index (κ1) is 19.4. The van der Waals surface area contributed by atoms with Gasteiger partial charge in [-0.15, -0.1) is 10.2 Å². The molecule has 1 aromatic carbocycles. The monoisotopic (exact) mass is 401 g/mol. The quantitative estimate of drug-likeness (QED) is 0.684. The van der Waals surface area contributed by atoms with E-state index in [0.29, 0.717) is 12.3 Å². The lowest BCUT2D eigenvalue weighted by Crippen LogP contribution is -2.32. The first-order valence-electron chi connectivity index (χ1n) is 10.0. The molecule has 8 heteroatoms. The lowest BCUT2D eigenvalue weighted by atomic mass is 10.2. The summed E-state index contributed by atoms with van der Waals surface area (Å²) in [5.41, 5.74) is 1.03. The predicted molar refractivity (Wildman–Crippen MR) is 109 cm³/mol. The molecule has 1 atom stereocenters. The zero-order chi connectivity index (χ0) is 19.2. The molecule has 3 heterocycles. The summed E-state index contributed by atoms with van der Waals surface area (Å²) in [6.07, 6.45) is 4.75. The van der Waals surface area contributed by atoms with Gasteiger partial charge in [0.15, 0.2) is 11.0 Å². The fourth-order valence-corrected chi connectivity index (χ4v) is 4.49. The van der Waals surface area contributed by atoms with E-state index in [4.69, 9.17) is 4.74 Å². The van der Waals surface area contributed by atoms with Crippen molar-refractivity contribution in [2.24, 2.45) is 0 Å². The lowest BCUT2D eigenvalue weighted by molar-refractivity contribution is -0.119. The Kier molecular flexibility index (Phi) is 6.61. The van der Waals surface area contributed by atoms with E-state index in [0.717, 1.165) is 55.8 Å². The van der Waals surface area contributed by atoms with Crippen LogP contribution in [0.1, 0.15) is 31.5 Å². The van der Waals surface area contributed by atoms with Crippen LogP contribution in [0.5, 0.6) is 0 Å². The molecule has 2 aliphatic heterocycles. The number of benzene rings is 1. The Balaban J connectivity index is 1.42. The van der Waals surface area contributed by atoms with E-state index < -0.39 is 0 Å². The van der Waals surface area contributed by atoms with Crippen molar-refractivity contribution in [2.75, 3.05) is 32.0 Å². The third-order valence-corrected chi connectivity index (χ3v) is 6.09. The molecule has 0 spiro atoms. The highest BCUT2D eigenvalue weighted by Gasteiger charge is 2.20. The number of amides is 1. The lowest BCUT2D eigenvalue weighted by Gasteiger charge is -2.16. The number of aromatic nitrogens is 3. The molecule has 0 radical (unpaired) electrons. The van der Waals surface area contributed by atoms with Crippen molar-refractivity contribution in [1.29, 1.82) is 0 Å². The molecular formula is C20H27N5O2S. The largest absolute Gasteiger partial charge is 0.376 e. The van der Waals surface area contributed by atoms with Gasteiger partial charge in [0, 0.05) is 18.8 Å². The van der Waals surface area contributed by atoms with Crippen molar-refractivity contribution >= 4 is 17.7 Å². The van der Waals surface area contributed by atoms with Crippen molar-refractivity contribution in [2.45, 2.75) is 43.5 Å². The van der Waals surface area contributed by atoms with Crippen LogP contribution in [0.2, 0.25) is 0 Å². The Morgan fingerprint density at radius 2 is 2.00 bits per heavy atom. The maximum Gasteiger partial charge on any atom is 0.230 e. The second-order valence-corrected chi connectivity index (χ2v) is 8.22. The second-order valence-electron chi connectivity index (χ2n) is 7.28. The van der Waals surface area contributed by atoms with Gasteiger partial charge in [-0.25, -0.2) is 0 Å². The molecule has 2 fully saturated rings. The Labute approximate surface area is 169 Å². The average molecular weight is 402 g/mol. The van der Waals surface area contributed by atoms with E-state index in [-0.39, 0.29) is 12.0 Å². The number of thioether (sulfide) groups is 1. The third kappa shape index (κ3) is 4.92. The molecule has 7 nitrogen and oxygen atoms in total. The number of hydrogen-bond acceptors (Lipinski definition) is 6. The van der Waals surface area contributed by atoms with Crippen LogP contribution < -0.4 is 5.32 Å². The molecule has 0 bridgehead atoms. The predicted octanol–water partition coefficient (Wildman–Crippen LogP) is 2.25.